The van der Waals surface area contributed by atoms with Gasteiger partial charge in [-0.1, -0.05) is 36.8 Å². The van der Waals surface area contributed by atoms with Crippen LogP contribution in [-0.2, 0) is 22.4 Å². The maximum absolute atomic E-state index is 14.1. The molecule has 1 spiro atoms. The van der Waals surface area contributed by atoms with Crippen LogP contribution in [0.4, 0.5) is 4.39 Å². The second-order valence-corrected chi connectivity index (χ2v) is 11.2. The molecule has 200 valence electrons. The van der Waals surface area contributed by atoms with E-state index < -0.39 is 5.41 Å². The molecule has 5 rings (SSSR count). The Morgan fingerprint density at radius 1 is 1.05 bits per heavy atom. The van der Waals surface area contributed by atoms with Crippen molar-refractivity contribution in [3.8, 4) is 16.3 Å². The van der Waals surface area contributed by atoms with E-state index in [4.69, 9.17) is 4.74 Å². The highest BCUT2D eigenvalue weighted by atomic mass is 32.1. The number of benzene rings is 2. The Hall–Kier alpha value is -3.26. The van der Waals surface area contributed by atoms with E-state index in [0.29, 0.717) is 55.3 Å². The molecule has 0 N–H and O–H groups in total. The first-order chi connectivity index (χ1) is 18.4. The van der Waals surface area contributed by atoms with Crippen molar-refractivity contribution in [3.05, 3.63) is 71.0 Å². The van der Waals surface area contributed by atoms with Crippen LogP contribution in [0.2, 0.25) is 0 Å². The van der Waals surface area contributed by atoms with Gasteiger partial charge in [-0.2, -0.15) is 0 Å². The summed E-state index contributed by atoms with van der Waals surface area (Å²) in [7, 11) is 1.86. The number of aromatic nitrogens is 1. The van der Waals surface area contributed by atoms with Gasteiger partial charge in [0, 0.05) is 31.1 Å². The van der Waals surface area contributed by atoms with Crippen molar-refractivity contribution in [2.45, 2.75) is 44.9 Å². The van der Waals surface area contributed by atoms with Gasteiger partial charge >= 0.3 is 0 Å². The summed E-state index contributed by atoms with van der Waals surface area (Å²) in [6.45, 7) is 2.11. The van der Waals surface area contributed by atoms with E-state index in [9.17, 15) is 14.0 Å². The largest absolute Gasteiger partial charge is 0.491 e. The highest BCUT2D eigenvalue weighted by molar-refractivity contribution is 7.13. The van der Waals surface area contributed by atoms with Gasteiger partial charge in [0.05, 0.1) is 24.1 Å². The molecule has 2 aliphatic heterocycles. The molecule has 0 bridgehead atoms. The molecule has 3 heterocycles. The van der Waals surface area contributed by atoms with Crippen molar-refractivity contribution in [3.63, 3.8) is 0 Å². The molecule has 0 saturated carbocycles. The summed E-state index contributed by atoms with van der Waals surface area (Å²) in [4.78, 5) is 34.9. The monoisotopic (exact) mass is 535 g/mol. The number of halogens is 1. The van der Waals surface area contributed by atoms with E-state index in [1.165, 1.54) is 23.0 Å². The van der Waals surface area contributed by atoms with Gasteiger partial charge in [0.15, 0.2) is 0 Å². The van der Waals surface area contributed by atoms with Crippen molar-refractivity contribution >= 4 is 23.2 Å². The number of ether oxygens (including phenoxy) is 1. The zero-order valence-corrected chi connectivity index (χ0v) is 22.6. The minimum absolute atomic E-state index is 0.00389. The molecular formula is C30H34FN3O3S. The van der Waals surface area contributed by atoms with Crippen LogP contribution >= 0.6 is 11.3 Å². The van der Waals surface area contributed by atoms with Crippen LogP contribution in [0, 0.1) is 11.2 Å². The molecule has 2 aromatic carbocycles. The Balaban J connectivity index is 1.22. The van der Waals surface area contributed by atoms with Crippen LogP contribution in [0.25, 0.3) is 10.6 Å². The quantitative estimate of drug-likeness (QED) is 0.453. The zero-order chi connectivity index (χ0) is 26.5. The Bertz CT molecular complexity index is 1290. The molecule has 1 aromatic heterocycles. The normalized spacial score (nSPS) is 18.3. The maximum atomic E-state index is 14.1. The highest BCUT2D eigenvalue weighted by Gasteiger charge is 2.43. The van der Waals surface area contributed by atoms with Crippen molar-refractivity contribution in [1.82, 2.24) is 14.8 Å². The van der Waals surface area contributed by atoms with Crippen molar-refractivity contribution in [2.24, 2.45) is 5.41 Å². The molecule has 38 heavy (non-hydrogen) atoms. The Labute approximate surface area is 227 Å². The lowest BCUT2D eigenvalue weighted by molar-refractivity contribution is -0.148. The third-order valence-electron chi connectivity index (χ3n) is 7.87. The molecule has 0 aliphatic carbocycles. The van der Waals surface area contributed by atoms with Crippen LogP contribution in [0.15, 0.2) is 53.9 Å². The van der Waals surface area contributed by atoms with Crippen molar-refractivity contribution in [1.29, 1.82) is 0 Å². The molecule has 0 radical (unpaired) electrons. The van der Waals surface area contributed by atoms with Crippen LogP contribution in [0.5, 0.6) is 5.75 Å². The summed E-state index contributed by atoms with van der Waals surface area (Å²) in [6.07, 6.45) is 5.23. The van der Waals surface area contributed by atoms with E-state index >= 15 is 0 Å². The first-order valence-electron chi connectivity index (χ1n) is 13.4. The number of thiazole rings is 1. The second-order valence-electron chi connectivity index (χ2n) is 10.4. The number of hydrogen-bond acceptors (Lipinski definition) is 5. The van der Waals surface area contributed by atoms with E-state index in [1.54, 1.807) is 23.1 Å². The van der Waals surface area contributed by atoms with Crippen molar-refractivity contribution < 1.29 is 18.7 Å². The second kappa shape index (κ2) is 11.6. The highest BCUT2D eigenvalue weighted by Crippen LogP contribution is 2.39. The maximum Gasteiger partial charge on any atom is 0.228 e. The van der Waals surface area contributed by atoms with Gasteiger partial charge in [0.2, 0.25) is 11.8 Å². The molecule has 0 unspecified atom stereocenters. The summed E-state index contributed by atoms with van der Waals surface area (Å²) < 4.78 is 20.2. The molecular weight excluding hydrogens is 501 g/mol. The Morgan fingerprint density at radius 2 is 1.82 bits per heavy atom. The minimum atomic E-state index is -0.442. The smallest absolute Gasteiger partial charge is 0.228 e. The van der Waals surface area contributed by atoms with Crippen LogP contribution < -0.4 is 4.74 Å². The summed E-state index contributed by atoms with van der Waals surface area (Å²) >= 11 is 1.35. The standard InChI is InChI=1S/C30H34FN3O3S/c1-33-18-19-37-26-12-5-2-8-22(26)9-6-7-13-30(29(33)36)14-16-34(17-15-30)27(35)20-23-21-38-28(32-23)24-10-3-4-11-25(24)31/h2-5,8,10-12,21H,6-7,9,13-20H2,1H3. The number of hydrogen-bond donors (Lipinski definition) is 0. The number of amides is 2. The van der Waals surface area contributed by atoms with Gasteiger partial charge in [-0.15, -0.1) is 11.3 Å². The molecule has 6 nitrogen and oxygen atoms in total. The van der Waals surface area contributed by atoms with E-state index in [1.807, 2.05) is 35.5 Å². The van der Waals surface area contributed by atoms with Crippen molar-refractivity contribution in [2.75, 3.05) is 33.3 Å². The number of carbonyl (C=O) groups excluding carboxylic acids is 2. The van der Waals surface area contributed by atoms with Crippen LogP contribution in [0.3, 0.4) is 0 Å². The molecule has 1 saturated heterocycles. The average molecular weight is 536 g/mol. The number of piperidine rings is 1. The predicted octanol–water partition coefficient (Wildman–Crippen LogP) is 5.36. The summed E-state index contributed by atoms with van der Waals surface area (Å²) in [5, 5.41) is 2.41. The summed E-state index contributed by atoms with van der Waals surface area (Å²) in [5.41, 5.74) is 1.88. The van der Waals surface area contributed by atoms with Crippen LogP contribution in [0.1, 0.15) is 43.4 Å². The molecule has 2 amide bonds. The summed E-state index contributed by atoms with van der Waals surface area (Å²) in [5.74, 6) is 0.764. The lowest BCUT2D eigenvalue weighted by Gasteiger charge is -2.43. The van der Waals surface area contributed by atoms with Crippen LogP contribution in [-0.4, -0.2) is 59.9 Å². The first kappa shape index (κ1) is 26.4. The number of carbonyl (C=O) groups is 2. The zero-order valence-electron chi connectivity index (χ0n) is 21.8. The minimum Gasteiger partial charge on any atom is -0.491 e. The molecule has 2 aliphatic rings. The Kier molecular flexibility index (Phi) is 8.07. The fourth-order valence-electron chi connectivity index (χ4n) is 5.60. The SMILES string of the molecule is CN1CCOc2ccccc2CCCCC2(CCN(C(=O)Cc3csc(-c4ccccc4F)n3)CC2)C1=O. The fraction of sp³-hybridized carbons (Fsp3) is 0.433. The van der Waals surface area contributed by atoms with Gasteiger partial charge < -0.3 is 14.5 Å². The third-order valence-corrected chi connectivity index (χ3v) is 8.79. The van der Waals surface area contributed by atoms with Gasteiger partial charge in [0.25, 0.3) is 0 Å². The number of likely N-dealkylation sites (tertiary alicyclic amines) is 1. The number of nitrogens with zero attached hydrogens (tertiary/aromatic N) is 3. The number of rotatable bonds is 3. The summed E-state index contributed by atoms with van der Waals surface area (Å²) in [6, 6.07) is 14.7. The topological polar surface area (TPSA) is 62.7 Å². The van der Waals surface area contributed by atoms with E-state index in [0.717, 1.165) is 31.4 Å². The first-order valence-corrected chi connectivity index (χ1v) is 14.3. The number of para-hydroxylation sites is 1. The van der Waals surface area contributed by atoms with Gasteiger partial charge in [-0.25, -0.2) is 9.37 Å². The number of likely N-dealkylation sites (N-methyl/N-ethyl adjacent to an activating group) is 1. The fourth-order valence-corrected chi connectivity index (χ4v) is 6.44. The van der Waals surface area contributed by atoms with Gasteiger partial charge in [0.1, 0.15) is 23.2 Å². The van der Waals surface area contributed by atoms with E-state index in [2.05, 4.69) is 11.1 Å². The molecule has 1 fully saturated rings. The number of fused-ring (bicyclic) bond motifs is 1. The average Bonchev–Trinajstić information content (AvgIpc) is 3.39. The lowest BCUT2D eigenvalue weighted by atomic mass is 9.73. The van der Waals surface area contributed by atoms with Gasteiger partial charge in [-0.3, -0.25) is 9.59 Å². The van der Waals surface area contributed by atoms with E-state index in [-0.39, 0.29) is 24.1 Å². The molecule has 8 heteroatoms. The predicted molar refractivity (Wildman–Crippen MR) is 147 cm³/mol. The van der Waals surface area contributed by atoms with Gasteiger partial charge in [-0.05, 0) is 55.9 Å². The lowest BCUT2D eigenvalue weighted by Crippen LogP contribution is -2.51. The third kappa shape index (κ3) is 5.75. The Morgan fingerprint density at radius 3 is 2.63 bits per heavy atom. The molecule has 3 aromatic rings. The number of aryl methyl sites for hydroxylation is 1. The molecule has 0 atom stereocenters.